The summed E-state index contributed by atoms with van der Waals surface area (Å²) in [5.41, 5.74) is 2.00. The number of fused-ring (bicyclic) bond motifs is 1. The molecule has 2 aromatic rings. The Morgan fingerprint density at radius 1 is 1.16 bits per heavy atom. The zero-order chi connectivity index (χ0) is 17.6. The van der Waals surface area contributed by atoms with Crippen molar-refractivity contribution in [3.05, 3.63) is 30.1 Å². The van der Waals surface area contributed by atoms with E-state index in [1.165, 1.54) is 6.42 Å². The number of nitrogens with zero attached hydrogens (tertiary/aromatic N) is 2. The van der Waals surface area contributed by atoms with E-state index in [1.807, 2.05) is 24.3 Å². The lowest BCUT2D eigenvalue weighted by Gasteiger charge is -2.20. The number of rotatable bonds is 6. The summed E-state index contributed by atoms with van der Waals surface area (Å²) >= 11 is 0. The predicted octanol–water partition coefficient (Wildman–Crippen LogP) is 2.37. The molecule has 2 amide bonds. The molecule has 1 aliphatic rings. The molecule has 6 nitrogen and oxygen atoms in total. The number of aromatic nitrogens is 2. The van der Waals surface area contributed by atoms with Gasteiger partial charge in [0.1, 0.15) is 5.82 Å². The molecule has 25 heavy (non-hydrogen) atoms. The molecule has 1 aliphatic carbocycles. The van der Waals surface area contributed by atoms with Crippen molar-refractivity contribution in [2.45, 2.75) is 52.1 Å². The van der Waals surface area contributed by atoms with Gasteiger partial charge in [0.15, 0.2) is 0 Å². The van der Waals surface area contributed by atoms with Crippen LogP contribution in [0.25, 0.3) is 11.0 Å². The molecule has 1 fully saturated rings. The third-order valence-electron chi connectivity index (χ3n) is 4.89. The molecule has 0 saturated heterocycles. The third-order valence-corrected chi connectivity index (χ3v) is 4.89. The van der Waals surface area contributed by atoms with Gasteiger partial charge in [-0.25, -0.2) is 4.98 Å². The van der Waals surface area contributed by atoms with E-state index in [1.54, 1.807) is 0 Å². The van der Waals surface area contributed by atoms with Gasteiger partial charge in [-0.2, -0.15) is 0 Å². The van der Waals surface area contributed by atoms with Crippen molar-refractivity contribution in [3.8, 4) is 0 Å². The van der Waals surface area contributed by atoms with Crippen LogP contribution in [0.4, 0.5) is 0 Å². The minimum absolute atomic E-state index is 0.00986. The molecular weight excluding hydrogens is 316 g/mol. The van der Waals surface area contributed by atoms with E-state index in [0.717, 1.165) is 49.1 Å². The van der Waals surface area contributed by atoms with Gasteiger partial charge >= 0.3 is 0 Å². The van der Waals surface area contributed by atoms with E-state index in [9.17, 15) is 9.59 Å². The summed E-state index contributed by atoms with van der Waals surface area (Å²) in [5.74, 6) is 0.732. The van der Waals surface area contributed by atoms with Crippen molar-refractivity contribution in [3.63, 3.8) is 0 Å². The van der Waals surface area contributed by atoms with Gasteiger partial charge in [-0.15, -0.1) is 0 Å². The Morgan fingerprint density at radius 2 is 1.92 bits per heavy atom. The number of hydrogen-bond acceptors (Lipinski definition) is 3. The largest absolute Gasteiger partial charge is 0.347 e. The second-order valence-corrected chi connectivity index (χ2v) is 6.59. The number of nitrogens with one attached hydrogen (secondary N) is 2. The van der Waals surface area contributed by atoms with Crippen molar-refractivity contribution >= 4 is 22.8 Å². The van der Waals surface area contributed by atoms with Gasteiger partial charge in [-0.05, 0) is 31.9 Å². The molecule has 1 aromatic heterocycles. The number of para-hydroxylation sites is 2. The smallest absolute Gasteiger partial charge is 0.239 e. The summed E-state index contributed by atoms with van der Waals surface area (Å²) in [6.07, 6.45) is 5.31. The normalized spacial score (nSPS) is 15.2. The number of carbonyl (C=O) groups excluding carboxylic acids is 2. The molecule has 0 aliphatic heterocycles. The van der Waals surface area contributed by atoms with Crippen LogP contribution in [0.2, 0.25) is 0 Å². The van der Waals surface area contributed by atoms with Gasteiger partial charge in [0.25, 0.3) is 0 Å². The zero-order valence-corrected chi connectivity index (χ0v) is 14.8. The van der Waals surface area contributed by atoms with Crippen LogP contribution in [-0.4, -0.2) is 27.9 Å². The maximum absolute atomic E-state index is 12.1. The van der Waals surface area contributed by atoms with Gasteiger partial charge < -0.3 is 15.2 Å². The first-order chi connectivity index (χ1) is 12.2. The highest BCUT2D eigenvalue weighted by atomic mass is 16.2. The Kier molecular flexibility index (Phi) is 5.68. The van der Waals surface area contributed by atoms with Crippen molar-refractivity contribution in [1.82, 2.24) is 20.2 Å². The van der Waals surface area contributed by atoms with E-state index >= 15 is 0 Å². The quantitative estimate of drug-likeness (QED) is 0.846. The Hall–Kier alpha value is -2.37. The summed E-state index contributed by atoms with van der Waals surface area (Å²) in [5, 5.41) is 5.62. The first-order valence-electron chi connectivity index (χ1n) is 9.17. The first kappa shape index (κ1) is 17.5. The van der Waals surface area contributed by atoms with E-state index < -0.39 is 0 Å². The average Bonchev–Trinajstić information content (AvgIpc) is 3.02. The second kappa shape index (κ2) is 8.14. The standard InChI is InChI=1S/C19H26N4O2/c1-2-23-16-11-7-6-10-15(16)22-17(23)12-20-18(24)13-21-19(25)14-8-4-3-5-9-14/h6-7,10-11,14H,2-5,8-9,12-13H2,1H3,(H,20,24)(H,21,25). The van der Waals surface area contributed by atoms with E-state index in [-0.39, 0.29) is 24.3 Å². The summed E-state index contributed by atoms with van der Waals surface area (Å²) in [6, 6.07) is 7.94. The minimum Gasteiger partial charge on any atom is -0.347 e. The van der Waals surface area contributed by atoms with E-state index in [4.69, 9.17) is 0 Å². The molecular formula is C19H26N4O2. The number of amides is 2. The van der Waals surface area contributed by atoms with Crippen LogP contribution in [-0.2, 0) is 22.7 Å². The van der Waals surface area contributed by atoms with E-state index in [0.29, 0.717) is 6.54 Å². The van der Waals surface area contributed by atoms with Crippen LogP contribution in [0.3, 0.4) is 0 Å². The number of hydrogen-bond donors (Lipinski definition) is 2. The summed E-state index contributed by atoms with van der Waals surface area (Å²) in [7, 11) is 0. The molecule has 0 atom stereocenters. The van der Waals surface area contributed by atoms with E-state index in [2.05, 4.69) is 27.1 Å². The molecule has 2 N–H and O–H groups in total. The van der Waals surface area contributed by atoms with Crippen LogP contribution < -0.4 is 10.6 Å². The molecule has 0 unspecified atom stereocenters. The van der Waals surface area contributed by atoms with Gasteiger partial charge in [-0.1, -0.05) is 31.4 Å². The molecule has 0 spiro atoms. The van der Waals surface area contributed by atoms with Gasteiger partial charge in [0, 0.05) is 12.5 Å². The molecule has 1 heterocycles. The van der Waals surface area contributed by atoms with Gasteiger partial charge in [0.2, 0.25) is 11.8 Å². The van der Waals surface area contributed by atoms with Crippen LogP contribution in [0, 0.1) is 5.92 Å². The molecule has 3 rings (SSSR count). The van der Waals surface area contributed by atoms with Crippen molar-refractivity contribution in [2.24, 2.45) is 5.92 Å². The zero-order valence-electron chi connectivity index (χ0n) is 14.8. The van der Waals surface area contributed by atoms with Crippen LogP contribution in [0.1, 0.15) is 44.9 Å². The monoisotopic (exact) mass is 342 g/mol. The van der Waals surface area contributed by atoms with Crippen LogP contribution in [0.15, 0.2) is 24.3 Å². The Bertz CT molecular complexity index is 747. The van der Waals surface area contributed by atoms with Crippen molar-refractivity contribution in [1.29, 1.82) is 0 Å². The third kappa shape index (κ3) is 4.18. The van der Waals surface area contributed by atoms with Crippen LogP contribution >= 0.6 is 0 Å². The summed E-state index contributed by atoms with van der Waals surface area (Å²) in [6.45, 7) is 3.25. The molecule has 0 radical (unpaired) electrons. The van der Waals surface area contributed by atoms with Crippen molar-refractivity contribution in [2.75, 3.05) is 6.54 Å². The summed E-state index contributed by atoms with van der Waals surface area (Å²) < 4.78 is 2.09. The van der Waals surface area contributed by atoms with Crippen LogP contribution in [0.5, 0.6) is 0 Å². The highest BCUT2D eigenvalue weighted by molar-refractivity contribution is 5.85. The Morgan fingerprint density at radius 3 is 2.68 bits per heavy atom. The minimum atomic E-state index is -0.182. The highest BCUT2D eigenvalue weighted by Gasteiger charge is 2.21. The predicted molar refractivity (Wildman–Crippen MR) is 96.8 cm³/mol. The maximum Gasteiger partial charge on any atom is 0.239 e. The topological polar surface area (TPSA) is 76.0 Å². The maximum atomic E-state index is 12.1. The molecule has 1 aromatic carbocycles. The lowest BCUT2D eigenvalue weighted by Crippen LogP contribution is -2.40. The number of aryl methyl sites for hydroxylation is 1. The Labute approximate surface area is 148 Å². The molecule has 1 saturated carbocycles. The fraction of sp³-hybridized carbons (Fsp3) is 0.526. The highest BCUT2D eigenvalue weighted by Crippen LogP contribution is 2.23. The lowest BCUT2D eigenvalue weighted by atomic mass is 9.89. The Balaban J connectivity index is 1.51. The fourth-order valence-corrected chi connectivity index (χ4v) is 3.53. The number of imidazole rings is 1. The lowest BCUT2D eigenvalue weighted by molar-refractivity contribution is -0.129. The fourth-order valence-electron chi connectivity index (χ4n) is 3.53. The van der Waals surface area contributed by atoms with Gasteiger partial charge in [-0.3, -0.25) is 9.59 Å². The summed E-state index contributed by atoms with van der Waals surface area (Å²) in [4.78, 5) is 28.7. The average molecular weight is 342 g/mol. The van der Waals surface area contributed by atoms with Gasteiger partial charge in [0.05, 0.1) is 24.1 Å². The first-order valence-corrected chi connectivity index (χ1v) is 9.17. The number of carbonyl (C=O) groups is 2. The molecule has 0 bridgehead atoms. The molecule has 6 heteroatoms. The molecule has 134 valence electrons. The van der Waals surface area contributed by atoms with Crippen molar-refractivity contribution < 1.29 is 9.59 Å². The SMILES string of the molecule is CCn1c(CNC(=O)CNC(=O)C2CCCCC2)nc2ccccc21. The second-order valence-electron chi connectivity index (χ2n) is 6.59. The number of benzene rings is 1.